The molecule has 0 aromatic carbocycles. The van der Waals surface area contributed by atoms with Gasteiger partial charge in [0.2, 0.25) is 0 Å². The maximum atomic E-state index is 10.4. The molecular formula is C24H40O3. The van der Waals surface area contributed by atoms with Crippen LogP contribution in [0.2, 0.25) is 0 Å². The molecule has 27 heavy (non-hydrogen) atoms. The van der Waals surface area contributed by atoms with E-state index < -0.39 is 5.79 Å². The van der Waals surface area contributed by atoms with Gasteiger partial charge < -0.3 is 14.6 Å². The SMILES string of the molecule is CC[C@@H](C)C1C2CC[C@@]3(CO)CCCC=C3[C@@]2(C)CCC12O[C@H](C)[C@@H](C)O2. The lowest BCUT2D eigenvalue weighted by Crippen LogP contribution is -2.59. The monoisotopic (exact) mass is 376 g/mol. The molecular weight excluding hydrogens is 336 g/mol. The average molecular weight is 377 g/mol. The molecule has 0 bridgehead atoms. The van der Waals surface area contributed by atoms with Crippen molar-refractivity contribution < 1.29 is 14.6 Å². The van der Waals surface area contributed by atoms with Crippen molar-refractivity contribution in [3.63, 3.8) is 0 Å². The zero-order chi connectivity index (χ0) is 19.4. The highest BCUT2D eigenvalue weighted by atomic mass is 16.8. The zero-order valence-corrected chi connectivity index (χ0v) is 18.1. The van der Waals surface area contributed by atoms with Gasteiger partial charge in [-0.3, -0.25) is 0 Å². The lowest BCUT2D eigenvalue weighted by molar-refractivity contribution is -0.271. The molecule has 154 valence electrons. The van der Waals surface area contributed by atoms with E-state index in [1.165, 1.54) is 25.7 Å². The largest absolute Gasteiger partial charge is 0.395 e. The first-order valence-corrected chi connectivity index (χ1v) is 11.5. The third kappa shape index (κ3) is 2.79. The van der Waals surface area contributed by atoms with Gasteiger partial charge in [-0.15, -0.1) is 0 Å². The number of fused-ring (bicyclic) bond motifs is 3. The van der Waals surface area contributed by atoms with Gasteiger partial charge in [0, 0.05) is 17.8 Å². The van der Waals surface area contributed by atoms with Crippen LogP contribution in [0, 0.1) is 28.6 Å². The van der Waals surface area contributed by atoms with Crippen molar-refractivity contribution in [2.45, 2.75) is 104 Å². The lowest BCUT2D eigenvalue weighted by Gasteiger charge is -2.62. The summed E-state index contributed by atoms with van der Waals surface area (Å²) in [5.74, 6) is 1.21. The molecule has 7 atom stereocenters. The fraction of sp³-hybridized carbons (Fsp3) is 0.917. The highest BCUT2D eigenvalue weighted by Crippen LogP contribution is 2.67. The van der Waals surface area contributed by atoms with Gasteiger partial charge in [-0.05, 0) is 69.6 Å². The molecule has 3 fully saturated rings. The molecule has 1 N–H and O–H groups in total. The molecule has 1 aliphatic heterocycles. The maximum Gasteiger partial charge on any atom is 0.172 e. The Kier molecular flexibility index (Phi) is 5.05. The van der Waals surface area contributed by atoms with Crippen molar-refractivity contribution in [1.29, 1.82) is 0 Å². The summed E-state index contributed by atoms with van der Waals surface area (Å²) in [5.41, 5.74) is 1.82. The first-order valence-electron chi connectivity index (χ1n) is 11.5. The number of rotatable bonds is 3. The molecule has 4 rings (SSSR count). The van der Waals surface area contributed by atoms with E-state index in [0.717, 1.165) is 25.7 Å². The van der Waals surface area contributed by atoms with Crippen LogP contribution in [-0.2, 0) is 9.47 Å². The van der Waals surface area contributed by atoms with E-state index in [-0.39, 0.29) is 23.0 Å². The lowest BCUT2D eigenvalue weighted by atomic mass is 9.45. The molecule has 3 nitrogen and oxygen atoms in total. The second-order valence-electron chi connectivity index (χ2n) is 10.4. The van der Waals surface area contributed by atoms with Gasteiger partial charge in [0.1, 0.15) is 0 Å². The topological polar surface area (TPSA) is 38.7 Å². The Morgan fingerprint density at radius 1 is 1.15 bits per heavy atom. The van der Waals surface area contributed by atoms with Crippen molar-refractivity contribution in [3.8, 4) is 0 Å². The molecule has 3 aliphatic carbocycles. The Hall–Kier alpha value is -0.380. The smallest absolute Gasteiger partial charge is 0.172 e. The summed E-state index contributed by atoms with van der Waals surface area (Å²) in [7, 11) is 0. The minimum Gasteiger partial charge on any atom is -0.395 e. The quantitative estimate of drug-likeness (QED) is 0.664. The van der Waals surface area contributed by atoms with E-state index in [0.29, 0.717) is 24.4 Å². The molecule has 0 amide bonds. The summed E-state index contributed by atoms with van der Waals surface area (Å²) in [4.78, 5) is 0. The molecule has 0 aromatic heterocycles. The van der Waals surface area contributed by atoms with Crippen molar-refractivity contribution in [3.05, 3.63) is 11.6 Å². The summed E-state index contributed by atoms with van der Waals surface area (Å²) in [5, 5.41) is 10.4. The number of aliphatic hydroxyl groups is 1. The van der Waals surface area contributed by atoms with Gasteiger partial charge in [-0.1, -0.05) is 38.8 Å². The minimum absolute atomic E-state index is 0.0476. The van der Waals surface area contributed by atoms with Crippen LogP contribution >= 0.6 is 0 Å². The Bertz CT molecular complexity index is 588. The third-order valence-corrected chi connectivity index (χ3v) is 9.07. The third-order valence-electron chi connectivity index (χ3n) is 9.07. The van der Waals surface area contributed by atoms with Crippen LogP contribution in [0.1, 0.15) is 86.0 Å². The summed E-state index contributed by atoms with van der Waals surface area (Å²) in [6, 6.07) is 0. The van der Waals surface area contributed by atoms with Crippen LogP contribution in [0.3, 0.4) is 0 Å². The van der Waals surface area contributed by atoms with Crippen molar-refractivity contribution in [2.24, 2.45) is 28.6 Å². The van der Waals surface area contributed by atoms with Crippen molar-refractivity contribution in [1.82, 2.24) is 0 Å². The molecule has 4 aliphatic rings. The Labute approximate surface area is 165 Å². The van der Waals surface area contributed by atoms with Gasteiger partial charge in [-0.2, -0.15) is 0 Å². The van der Waals surface area contributed by atoms with Crippen LogP contribution in [0.15, 0.2) is 11.6 Å². The zero-order valence-electron chi connectivity index (χ0n) is 18.1. The molecule has 1 saturated heterocycles. The Balaban J connectivity index is 1.75. The highest BCUT2D eigenvalue weighted by Gasteiger charge is 2.64. The van der Waals surface area contributed by atoms with Crippen LogP contribution in [0.4, 0.5) is 0 Å². The Morgan fingerprint density at radius 2 is 1.85 bits per heavy atom. The summed E-state index contributed by atoms with van der Waals surface area (Å²) in [6.07, 6.45) is 12.0. The molecule has 0 aromatic rings. The van der Waals surface area contributed by atoms with Crippen LogP contribution in [-0.4, -0.2) is 29.7 Å². The first kappa shape index (κ1) is 19.9. The van der Waals surface area contributed by atoms with Crippen LogP contribution < -0.4 is 0 Å². The second kappa shape index (κ2) is 6.85. The summed E-state index contributed by atoms with van der Waals surface area (Å²) < 4.78 is 13.3. The number of hydrogen-bond acceptors (Lipinski definition) is 3. The van der Waals surface area contributed by atoms with E-state index in [4.69, 9.17) is 9.47 Å². The maximum absolute atomic E-state index is 10.4. The molecule has 0 radical (unpaired) electrons. The minimum atomic E-state index is -0.396. The molecule has 3 heteroatoms. The van der Waals surface area contributed by atoms with E-state index in [1.54, 1.807) is 5.57 Å². The fourth-order valence-corrected chi connectivity index (χ4v) is 7.34. The number of aliphatic hydroxyl groups excluding tert-OH is 1. The van der Waals surface area contributed by atoms with E-state index >= 15 is 0 Å². The van der Waals surface area contributed by atoms with Gasteiger partial charge in [-0.25, -0.2) is 0 Å². The predicted molar refractivity (Wildman–Crippen MR) is 108 cm³/mol. The van der Waals surface area contributed by atoms with Crippen molar-refractivity contribution in [2.75, 3.05) is 6.61 Å². The highest BCUT2D eigenvalue weighted by molar-refractivity contribution is 5.31. The fourth-order valence-electron chi connectivity index (χ4n) is 7.34. The molecule has 2 saturated carbocycles. The van der Waals surface area contributed by atoms with Gasteiger partial charge in [0.25, 0.3) is 0 Å². The second-order valence-corrected chi connectivity index (χ2v) is 10.4. The molecule has 2 unspecified atom stereocenters. The number of ether oxygens (including phenoxy) is 2. The van der Waals surface area contributed by atoms with Gasteiger partial charge >= 0.3 is 0 Å². The number of allylic oxidation sites excluding steroid dienone is 1. The molecule has 1 heterocycles. The van der Waals surface area contributed by atoms with Crippen molar-refractivity contribution >= 4 is 0 Å². The van der Waals surface area contributed by atoms with Crippen LogP contribution in [0.5, 0.6) is 0 Å². The van der Waals surface area contributed by atoms with Gasteiger partial charge in [0.05, 0.1) is 18.8 Å². The first-order chi connectivity index (χ1) is 12.8. The summed E-state index contributed by atoms with van der Waals surface area (Å²) >= 11 is 0. The molecule has 1 spiro atoms. The van der Waals surface area contributed by atoms with E-state index in [2.05, 4.69) is 40.7 Å². The standard InChI is InChI=1S/C24H40O3/c1-6-16(2)21-19-10-12-23(15-25)11-8-7-9-20(23)22(19,5)13-14-24(21)26-17(3)18(4)27-24/h9,16-19,21,25H,6-8,10-15H2,1-5H3/t16-,17-,18-,19?,21?,22+,23-/m1/s1. The predicted octanol–water partition coefficient (Wildman–Crippen LogP) is 5.47. The van der Waals surface area contributed by atoms with E-state index in [1.807, 2.05) is 0 Å². The number of hydrogen-bond donors (Lipinski definition) is 1. The normalized spacial score (nSPS) is 47.3. The average Bonchev–Trinajstić information content (AvgIpc) is 2.96. The van der Waals surface area contributed by atoms with E-state index in [9.17, 15) is 5.11 Å². The van der Waals surface area contributed by atoms with Crippen LogP contribution in [0.25, 0.3) is 0 Å². The Morgan fingerprint density at radius 3 is 2.48 bits per heavy atom. The summed E-state index contributed by atoms with van der Waals surface area (Å²) in [6.45, 7) is 11.9. The van der Waals surface area contributed by atoms with Gasteiger partial charge in [0.15, 0.2) is 5.79 Å².